The van der Waals surface area contributed by atoms with E-state index in [1.165, 1.54) is 38.5 Å². The lowest BCUT2D eigenvalue weighted by Gasteiger charge is -2.53. The van der Waals surface area contributed by atoms with Crippen molar-refractivity contribution in [3.05, 3.63) is 0 Å². The average Bonchev–Trinajstić information content (AvgIpc) is 2.67. The number of carbonyl (C=O) groups is 2. The van der Waals surface area contributed by atoms with E-state index in [-0.39, 0.29) is 11.8 Å². The zero-order chi connectivity index (χ0) is 18.5. The van der Waals surface area contributed by atoms with Crippen LogP contribution in [0.5, 0.6) is 0 Å². The van der Waals surface area contributed by atoms with Crippen LogP contribution in [0.25, 0.3) is 0 Å². The first-order chi connectivity index (χ1) is 12.6. The molecule has 0 aromatic heterocycles. The van der Waals surface area contributed by atoms with Crippen molar-refractivity contribution in [2.45, 2.75) is 121 Å². The summed E-state index contributed by atoms with van der Waals surface area (Å²) in [7, 11) is 0. The second kappa shape index (κ2) is 8.86. The van der Waals surface area contributed by atoms with Crippen LogP contribution in [0.2, 0.25) is 0 Å². The van der Waals surface area contributed by atoms with Crippen molar-refractivity contribution in [2.24, 2.45) is 0 Å². The summed E-state index contributed by atoms with van der Waals surface area (Å²) in [6, 6.07) is 0. The van der Waals surface area contributed by atoms with Gasteiger partial charge in [-0.15, -0.1) is 0 Å². The Morgan fingerprint density at radius 2 is 1.19 bits per heavy atom. The predicted octanol–water partition coefficient (Wildman–Crippen LogP) is 4.71. The first-order valence-electron chi connectivity index (χ1n) is 11.3. The van der Waals surface area contributed by atoms with Crippen molar-refractivity contribution >= 4 is 11.8 Å². The Morgan fingerprint density at radius 3 is 1.69 bits per heavy atom. The average molecular weight is 363 g/mol. The van der Waals surface area contributed by atoms with Gasteiger partial charge in [0.15, 0.2) is 0 Å². The van der Waals surface area contributed by atoms with Crippen molar-refractivity contribution in [1.29, 1.82) is 0 Å². The maximum Gasteiger partial charge on any atom is 0.249 e. The molecule has 3 fully saturated rings. The molecule has 1 saturated heterocycles. The van der Waals surface area contributed by atoms with Gasteiger partial charge in [0.1, 0.15) is 0 Å². The molecule has 1 aliphatic heterocycles. The van der Waals surface area contributed by atoms with E-state index in [4.69, 9.17) is 0 Å². The van der Waals surface area contributed by atoms with Gasteiger partial charge >= 0.3 is 0 Å². The Morgan fingerprint density at radius 1 is 0.731 bits per heavy atom. The minimum absolute atomic E-state index is 0.0898. The molecular weight excluding hydrogens is 324 g/mol. The Labute approximate surface area is 159 Å². The third-order valence-electron chi connectivity index (χ3n) is 6.94. The highest BCUT2D eigenvalue weighted by Gasteiger charge is 2.57. The number of hydrogen-bond donors (Lipinski definition) is 1. The third kappa shape index (κ3) is 4.00. The minimum Gasteiger partial charge on any atom is -0.290 e. The Balaban J connectivity index is 1.70. The number of amides is 2. The third-order valence-corrected chi connectivity index (χ3v) is 6.94. The van der Waals surface area contributed by atoms with Crippen molar-refractivity contribution in [2.75, 3.05) is 6.54 Å². The van der Waals surface area contributed by atoms with Crippen LogP contribution in [-0.4, -0.2) is 34.3 Å². The van der Waals surface area contributed by atoms with Gasteiger partial charge in [-0.25, -0.2) is 0 Å². The van der Waals surface area contributed by atoms with Crippen molar-refractivity contribution < 1.29 is 9.59 Å². The lowest BCUT2D eigenvalue weighted by Crippen LogP contribution is -2.76. The fraction of sp³-hybridized carbons (Fsp3) is 0.909. The molecule has 2 saturated carbocycles. The summed E-state index contributed by atoms with van der Waals surface area (Å²) in [6.45, 7) is 2.86. The monoisotopic (exact) mass is 362 g/mol. The van der Waals surface area contributed by atoms with Crippen LogP contribution in [0.4, 0.5) is 0 Å². The highest BCUT2D eigenvalue weighted by Crippen LogP contribution is 2.41. The zero-order valence-corrected chi connectivity index (χ0v) is 16.8. The maximum absolute atomic E-state index is 13.3. The summed E-state index contributed by atoms with van der Waals surface area (Å²) in [4.78, 5) is 28.4. The van der Waals surface area contributed by atoms with E-state index in [9.17, 15) is 9.59 Å². The molecule has 26 heavy (non-hydrogen) atoms. The molecule has 0 unspecified atom stereocenters. The molecular formula is C22H38N2O2. The van der Waals surface area contributed by atoms with Crippen molar-refractivity contribution in [3.63, 3.8) is 0 Å². The van der Waals surface area contributed by atoms with Crippen LogP contribution < -0.4 is 5.32 Å². The maximum atomic E-state index is 13.3. The summed E-state index contributed by atoms with van der Waals surface area (Å²) < 4.78 is 0. The number of rotatable bonds is 7. The molecule has 3 aliphatic rings. The molecule has 4 heteroatoms. The van der Waals surface area contributed by atoms with E-state index in [0.29, 0.717) is 6.54 Å². The molecule has 0 bridgehead atoms. The Kier molecular flexibility index (Phi) is 6.76. The molecule has 0 aromatic rings. The number of nitrogens with one attached hydrogen (secondary N) is 1. The van der Waals surface area contributed by atoms with Crippen molar-refractivity contribution in [1.82, 2.24) is 10.2 Å². The SMILES string of the molecule is CCCCCCCCN1C(=O)C2(CCCCC2)NC2(CCCCC2)C1=O. The van der Waals surface area contributed by atoms with Gasteiger partial charge in [-0.05, 0) is 32.1 Å². The molecule has 0 aromatic carbocycles. The highest BCUT2D eigenvalue weighted by atomic mass is 16.2. The van der Waals surface area contributed by atoms with Gasteiger partial charge in [-0.2, -0.15) is 0 Å². The smallest absolute Gasteiger partial charge is 0.249 e. The number of imide groups is 1. The number of nitrogens with zero attached hydrogens (tertiary/aromatic N) is 1. The number of piperazine rings is 1. The summed E-state index contributed by atoms with van der Waals surface area (Å²) >= 11 is 0. The highest BCUT2D eigenvalue weighted by molar-refractivity contribution is 6.07. The summed E-state index contributed by atoms with van der Waals surface area (Å²) in [5.74, 6) is 0.180. The fourth-order valence-corrected chi connectivity index (χ4v) is 5.42. The molecule has 2 aliphatic carbocycles. The normalized spacial score (nSPS) is 25.2. The Bertz CT molecular complexity index is 454. The van der Waals surface area contributed by atoms with E-state index >= 15 is 0 Å². The molecule has 3 rings (SSSR count). The van der Waals surface area contributed by atoms with E-state index in [1.807, 2.05) is 0 Å². The second-order valence-electron chi connectivity index (χ2n) is 8.94. The Hall–Kier alpha value is -0.900. The van der Waals surface area contributed by atoms with E-state index in [0.717, 1.165) is 64.2 Å². The van der Waals surface area contributed by atoms with E-state index in [2.05, 4.69) is 12.2 Å². The van der Waals surface area contributed by atoms with Crippen molar-refractivity contribution in [3.8, 4) is 0 Å². The quantitative estimate of drug-likeness (QED) is 0.527. The summed E-state index contributed by atoms with van der Waals surface area (Å²) in [5.41, 5.74) is -0.905. The van der Waals surface area contributed by atoms with Gasteiger partial charge in [0.05, 0.1) is 11.1 Å². The largest absolute Gasteiger partial charge is 0.290 e. The molecule has 0 atom stereocenters. The van der Waals surface area contributed by atoms with Gasteiger partial charge in [-0.3, -0.25) is 19.8 Å². The van der Waals surface area contributed by atoms with E-state index in [1.54, 1.807) is 4.90 Å². The lowest BCUT2D eigenvalue weighted by molar-refractivity contribution is -0.164. The van der Waals surface area contributed by atoms with Crippen LogP contribution in [0.15, 0.2) is 0 Å². The van der Waals surface area contributed by atoms with Gasteiger partial charge in [0.2, 0.25) is 11.8 Å². The standard InChI is InChI=1S/C22H38N2O2/c1-2-3-4-5-6-13-18-24-19(25)21(14-9-7-10-15-21)23-22(20(24)26)16-11-8-12-17-22/h23H,2-18H2,1H3. The van der Waals surface area contributed by atoms with Gasteiger partial charge < -0.3 is 0 Å². The molecule has 4 nitrogen and oxygen atoms in total. The minimum atomic E-state index is -0.453. The number of unbranched alkanes of at least 4 members (excludes halogenated alkanes) is 5. The van der Waals surface area contributed by atoms with E-state index < -0.39 is 11.1 Å². The van der Waals surface area contributed by atoms with Crippen LogP contribution in [0.1, 0.15) is 110 Å². The molecule has 0 radical (unpaired) electrons. The molecule has 2 spiro atoms. The fourth-order valence-electron chi connectivity index (χ4n) is 5.42. The topological polar surface area (TPSA) is 49.4 Å². The molecule has 1 heterocycles. The molecule has 2 amide bonds. The van der Waals surface area contributed by atoms with Crippen LogP contribution in [0, 0.1) is 0 Å². The second-order valence-corrected chi connectivity index (χ2v) is 8.94. The number of hydrogen-bond acceptors (Lipinski definition) is 3. The van der Waals surface area contributed by atoms with Crippen LogP contribution in [-0.2, 0) is 9.59 Å². The lowest BCUT2D eigenvalue weighted by atomic mass is 9.71. The summed E-state index contributed by atoms with van der Waals surface area (Å²) in [5, 5.41) is 3.69. The number of carbonyl (C=O) groups excluding carboxylic acids is 2. The van der Waals surface area contributed by atoms with Crippen LogP contribution in [0.3, 0.4) is 0 Å². The first kappa shape index (κ1) is 19.9. The molecule has 148 valence electrons. The predicted molar refractivity (Wildman–Crippen MR) is 105 cm³/mol. The first-order valence-corrected chi connectivity index (χ1v) is 11.3. The molecule has 1 N–H and O–H groups in total. The van der Waals surface area contributed by atoms with Gasteiger partial charge in [0.25, 0.3) is 0 Å². The van der Waals surface area contributed by atoms with Crippen LogP contribution >= 0.6 is 0 Å². The van der Waals surface area contributed by atoms with Gasteiger partial charge in [0, 0.05) is 6.54 Å². The summed E-state index contributed by atoms with van der Waals surface area (Å²) in [6.07, 6.45) is 17.6. The zero-order valence-electron chi connectivity index (χ0n) is 16.8. The van der Waals surface area contributed by atoms with Gasteiger partial charge in [-0.1, -0.05) is 77.6 Å².